The molecule has 0 aromatic heterocycles. The number of hydrogen-bond donors (Lipinski definition) is 1. The molecule has 0 saturated carbocycles. The standard InChI is InChI=1S/C11H10F4N2O.ClH/c12-10(13)11(14,15)18-8-3-1-7(2-4-8)9(17)5-6-16;/h1-4,9-10H,5,17H2;1H/t9-;/m1./s1. The van der Waals surface area contributed by atoms with Crippen LogP contribution >= 0.6 is 12.4 Å². The first-order valence-corrected chi connectivity index (χ1v) is 4.94. The molecule has 0 spiro atoms. The largest absolute Gasteiger partial charge is 0.461 e. The predicted octanol–water partition coefficient (Wildman–Crippen LogP) is 3.26. The summed E-state index contributed by atoms with van der Waals surface area (Å²) >= 11 is 0. The molecule has 8 heteroatoms. The molecule has 106 valence electrons. The third-order valence-corrected chi connectivity index (χ3v) is 2.13. The molecule has 0 heterocycles. The van der Waals surface area contributed by atoms with E-state index in [4.69, 9.17) is 11.0 Å². The summed E-state index contributed by atoms with van der Waals surface area (Å²) in [5.74, 6) is -0.395. The van der Waals surface area contributed by atoms with Gasteiger partial charge in [-0.15, -0.1) is 12.4 Å². The van der Waals surface area contributed by atoms with Crippen LogP contribution in [0.25, 0.3) is 0 Å². The number of alkyl halides is 4. The van der Waals surface area contributed by atoms with Crippen LogP contribution in [-0.2, 0) is 0 Å². The first kappa shape index (κ1) is 17.5. The average Bonchev–Trinajstić information content (AvgIpc) is 2.29. The number of nitrogens with two attached hydrogens (primary N) is 1. The van der Waals surface area contributed by atoms with E-state index in [0.717, 1.165) is 12.1 Å². The lowest BCUT2D eigenvalue weighted by Gasteiger charge is -2.17. The van der Waals surface area contributed by atoms with Crippen molar-refractivity contribution in [2.75, 3.05) is 0 Å². The fourth-order valence-corrected chi connectivity index (χ4v) is 1.20. The Kier molecular flexibility index (Phi) is 6.59. The van der Waals surface area contributed by atoms with Crippen molar-refractivity contribution in [1.29, 1.82) is 5.26 Å². The van der Waals surface area contributed by atoms with Gasteiger partial charge >= 0.3 is 12.5 Å². The Morgan fingerprint density at radius 2 is 1.79 bits per heavy atom. The quantitative estimate of drug-likeness (QED) is 0.849. The minimum absolute atomic E-state index is 0. The van der Waals surface area contributed by atoms with E-state index >= 15 is 0 Å². The summed E-state index contributed by atoms with van der Waals surface area (Å²) in [7, 11) is 0. The van der Waals surface area contributed by atoms with Gasteiger partial charge in [0.25, 0.3) is 0 Å². The SMILES string of the molecule is Cl.N#CC[C@@H](N)c1ccc(OC(F)(F)C(F)F)cc1. The molecule has 1 rings (SSSR count). The van der Waals surface area contributed by atoms with Gasteiger partial charge in [0.2, 0.25) is 0 Å². The van der Waals surface area contributed by atoms with E-state index in [0.29, 0.717) is 5.56 Å². The predicted molar refractivity (Wildman–Crippen MR) is 62.4 cm³/mol. The zero-order chi connectivity index (χ0) is 13.8. The van der Waals surface area contributed by atoms with Gasteiger partial charge in [0.05, 0.1) is 12.5 Å². The molecule has 19 heavy (non-hydrogen) atoms. The molecule has 1 aromatic rings. The average molecular weight is 299 g/mol. The topological polar surface area (TPSA) is 59.0 Å². The Balaban J connectivity index is 0.00000324. The number of halogens is 5. The lowest BCUT2D eigenvalue weighted by Crippen LogP contribution is -2.33. The van der Waals surface area contributed by atoms with Gasteiger partial charge in [-0.25, -0.2) is 0 Å². The number of hydrogen-bond acceptors (Lipinski definition) is 3. The molecule has 3 nitrogen and oxygen atoms in total. The minimum atomic E-state index is -4.53. The molecule has 0 unspecified atom stereocenters. The van der Waals surface area contributed by atoms with Crippen LogP contribution in [0.2, 0.25) is 0 Å². The third kappa shape index (κ3) is 4.93. The summed E-state index contributed by atoms with van der Waals surface area (Å²) < 4.78 is 52.8. The van der Waals surface area contributed by atoms with Crippen molar-refractivity contribution in [2.24, 2.45) is 5.73 Å². The van der Waals surface area contributed by atoms with E-state index in [1.54, 1.807) is 0 Å². The van der Waals surface area contributed by atoms with E-state index in [1.807, 2.05) is 6.07 Å². The van der Waals surface area contributed by atoms with Crippen molar-refractivity contribution < 1.29 is 22.3 Å². The highest BCUT2D eigenvalue weighted by Gasteiger charge is 2.43. The van der Waals surface area contributed by atoms with Crippen LogP contribution < -0.4 is 10.5 Å². The molecule has 2 N–H and O–H groups in total. The van der Waals surface area contributed by atoms with Gasteiger partial charge in [-0.1, -0.05) is 12.1 Å². The van der Waals surface area contributed by atoms with Gasteiger partial charge in [0.15, 0.2) is 0 Å². The van der Waals surface area contributed by atoms with Gasteiger partial charge in [-0.2, -0.15) is 22.8 Å². The number of nitriles is 1. The van der Waals surface area contributed by atoms with Crippen LogP contribution in [-0.4, -0.2) is 12.5 Å². The maximum absolute atomic E-state index is 12.6. The third-order valence-electron chi connectivity index (χ3n) is 2.13. The van der Waals surface area contributed by atoms with Crippen molar-refractivity contribution in [3.63, 3.8) is 0 Å². The summed E-state index contributed by atoms with van der Waals surface area (Å²) in [5, 5.41) is 8.43. The maximum atomic E-state index is 12.6. The Labute approximate surface area is 113 Å². The molecule has 0 fully saturated rings. The van der Waals surface area contributed by atoms with Crippen LogP contribution in [0.5, 0.6) is 5.75 Å². The number of benzene rings is 1. The van der Waals surface area contributed by atoms with Crippen molar-refractivity contribution in [1.82, 2.24) is 0 Å². The van der Waals surface area contributed by atoms with E-state index in [-0.39, 0.29) is 18.8 Å². The number of nitrogens with zero attached hydrogens (tertiary/aromatic N) is 1. The molecule has 0 aliphatic carbocycles. The van der Waals surface area contributed by atoms with Crippen molar-refractivity contribution >= 4 is 12.4 Å². The molecular formula is C11H11ClF4N2O. The Morgan fingerprint density at radius 3 is 2.21 bits per heavy atom. The highest BCUT2D eigenvalue weighted by molar-refractivity contribution is 5.85. The van der Waals surface area contributed by atoms with Gasteiger partial charge in [0, 0.05) is 6.04 Å². The Morgan fingerprint density at radius 1 is 1.26 bits per heavy atom. The van der Waals surface area contributed by atoms with Crippen molar-refractivity contribution in [3.05, 3.63) is 29.8 Å². The molecule has 0 aliphatic heterocycles. The fourth-order valence-electron chi connectivity index (χ4n) is 1.20. The van der Waals surface area contributed by atoms with E-state index in [1.165, 1.54) is 12.1 Å². The zero-order valence-electron chi connectivity index (χ0n) is 9.52. The monoisotopic (exact) mass is 298 g/mol. The second kappa shape index (κ2) is 7.16. The second-order valence-corrected chi connectivity index (χ2v) is 3.50. The fraction of sp³-hybridized carbons (Fsp3) is 0.364. The highest BCUT2D eigenvalue weighted by Crippen LogP contribution is 2.28. The van der Waals surface area contributed by atoms with Crippen LogP contribution in [0.3, 0.4) is 0 Å². The van der Waals surface area contributed by atoms with Crippen LogP contribution in [0, 0.1) is 11.3 Å². The van der Waals surface area contributed by atoms with Gasteiger partial charge in [-0.3, -0.25) is 0 Å². The second-order valence-electron chi connectivity index (χ2n) is 3.50. The maximum Gasteiger partial charge on any atom is 0.461 e. The molecular weight excluding hydrogens is 288 g/mol. The first-order chi connectivity index (χ1) is 8.36. The summed E-state index contributed by atoms with van der Waals surface area (Å²) in [6.45, 7) is 0. The smallest absolute Gasteiger partial charge is 0.428 e. The van der Waals surface area contributed by atoms with E-state index in [2.05, 4.69) is 4.74 Å². The lowest BCUT2D eigenvalue weighted by molar-refractivity contribution is -0.253. The molecule has 0 radical (unpaired) electrons. The van der Waals surface area contributed by atoms with Crippen molar-refractivity contribution in [2.45, 2.75) is 25.0 Å². The van der Waals surface area contributed by atoms with E-state index in [9.17, 15) is 17.6 Å². The molecule has 0 saturated heterocycles. The van der Waals surface area contributed by atoms with Crippen LogP contribution in [0.1, 0.15) is 18.0 Å². The number of rotatable bonds is 5. The molecule has 0 bridgehead atoms. The van der Waals surface area contributed by atoms with Crippen molar-refractivity contribution in [3.8, 4) is 11.8 Å². The van der Waals surface area contributed by atoms with E-state index < -0.39 is 24.3 Å². The summed E-state index contributed by atoms with van der Waals surface area (Å²) in [4.78, 5) is 0. The van der Waals surface area contributed by atoms with Gasteiger partial charge < -0.3 is 10.5 Å². The highest BCUT2D eigenvalue weighted by atomic mass is 35.5. The molecule has 1 atom stereocenters. The zero-order valence-corrected chi connectivity index (χ0v) is 10.3. The Bertz CT molecular complexity index is 433. The normalized spacial score (nSPS) is 12.5. The van der Waals surface area contributed by atoms with Gasteiger partial charge in [-0.05, 0) is 17.7 Å². The summed E-state index contributed by atoms with van der Waals surface area (Å²) in [6, 6.07) is 6.19. The number of ether oxygens (including phenoxy) is 1. The van der Waals surface area contributed by atoms with Crippen LogP contribution in [0.15, 0.2) is 24.3 Å². The molecule has 0 aliphatic rings. The lowest BCUT2D eigenvalue weighted by atomic mass is 10.1. The summed E-state index contributed by atoms with van der Waals surface area (Å²) in [5.41, 5.74) is 6.13. The van der Waals surface area contributed by atoms with Gasteiger partial charge in [0.1, 0.15) is 5.75 Å². The van der Waals surface area contributed by atoms with Crippen LogP contribution in [0.4, 0.5) is 17.6 Å². The summed E-state index contributed by atoms with van der Waals surface area (Å²) in [6.07, 6.45) is -8.37. The Hall–Kier alpha value is -1.52. The molecule has 0 amide bonds. The minimum Gasteiger partial charge on any atom is -0.428 e. The first-order valence-electron chi connectivity index (χ1n) is 4.94. The molecule has 1 aromatic carbocycles.